The van der Waals surface area contributed by atoms with E-state index in [9.17, 15) is 22.8 Å². The van der Waals surface area contributed by atoms with E-state index in [0.717, 1.165) is 11.8 Å². The fourth-order valence-electron chi connectivity index (χ4n) is 3.20. The fraction of sp³-hybridized carbons (Fsp3) is 0.421. The maximum atomic E-state index is 12.7. The molecule has 3 amide bonds. The summed E-state index contributed by atoms with van der Waals surface area (Å²) in [6.45, 7) is 0.309. The van der Waals surface area contributed by atoms with Crippen LogP contribution in [0.4, 0.5) is 0 Å². The number of piperidine rings is 1. The number of benzene rings is 1. The van der Waals surface area contributed by atoms with Crippen LogP contribution in [0.25, 0.3) is 0 Å². The van der Waals surface area contributed by atoms with Gasteiger partial charge in [0.25, 0.3) is 16.0 Å². The standard InChI is InChI=1S/C19H20N2O7S/c1-29(25,26)28-11-10-27-9-3-5-13-4-2-6-14-15(13)12-21(19(14)24)16-7-8-17(22)20-18(16)23/h2,4,6,16H,7-12H2,1H3,(H,20,22,23). The average Bonchev–Trinajstić information content (AvgIpc) is 2.97. The van der Waals surface area contributed by atoms with Crippen LogP contribution in [0.5, 0.6) is 0 Å². The number of carbonyl (C=O) groups excluding carboxylic acids is 3. The van der Waals surface area contributed by atoms with E-state index in [1.54, 1.807) is 18.2 Å². The number of carbonyl (C=O) groups is 3. The Morgan fingerprint density at radius 2 is 2.03 bits per heavy atom. The first kappa shape index (κ1) is 21.0. The molecule has 2 aliphatic heterocycles. The highest BCUT2D eigenvalue weighted by atomic mass is 32.2. The molecule has 1 aromatic rings. The molecular formula is C19H20N2O7S. The number of imide groups is 1. The molecule has 1 fully saturated rings. The van der Waals surface area contributed by atoms with E-state index in [-0.39, 0.29) is 44.6 Å². The maximum absolute atomic E-state index is 12.7. The third-order valence-corrected chi connectivity index (χ3v) is 5.10. The van der Waals surface area contributed by atoms with Crippen LogP contribution in [0.3, 0.4) is 0 Å². The highest BCUT2D eigenvalue weighted by Gasteiger charge is 2.39. The molecule has 1 unspecified atom stereocenters. The molecule has 0 aromatic heterocycles. The van der Waals surface area contributed by atoms with Gasteiger partial charge in [0.05, 0.1) is 19.5 Å². The largest absolute Gasteiger partial charge is 0.366 e. The third-order valence-electron chi connectivity index (χ3n) is 4.50. The van der Waals surface area contributed by atoms with Gasteiger partial charge in [0.15, 0.2) is 0 Å². The number of nitrogens with zero attached hydrogens (tertiary/aromatic N) is 1. The molecule has 2 aliphatic rings. The van der Waals surface area contributed by atoms with E-state index in [2.05, 4.69) is 21.3 Å². The fourth-order valence-corrected chi connectivity index (χ4v) is 3.57. The quantitative estimate of drug-likeness (QED) is 0.293. The van der Waals surface area contributed by atoms with E-state index in [0.29, 0.717) is 17.5 Å². The SMILES string of the molecule is CS(=O)(=O)OCCOCC#Cc1cccc2c1CN(C1CCC(=O)NC1=O)C2=O. The van der Waals surface area contributed by atoms with Gasteiger partial charge in [0, 0.05) is 24.1 Å². The number of hydrogen-bond acceptors (Lipinski definition) is 7. The molecule has 1 N–H and O–H groups in total. The second-order valence-electron chi connectivity index (χ2n) is 6.61. The second kappa shape index (κ2) is 8.73. The Morgan fingerprint density at radius 1 is 1.24 bits per heavy atom. The summed E-state index contributed by atoms with van der Waals surface area (Å²) in [4.78, 5) is 37.7. The lowest BCUT2D eigenvalue weighted by Gasteiger charge is -2.29. The maximum Gasteiger partial charge on any atom is 0.264 e. The molecule has 0 spiro atoms. The van der Waals surface area contributed by atoms with Gasteiger partial charge in [0.1, 0.15) is 12.6 Å². The smallest absolute Gasteiger partial charge is 0.264 e. The number of hydrogen-bond donors (Lipinski definition) is 1. The molecule has 154 valence electrons. The second-order valence-corrected chi connectivity index (χ2v) is 8.26. The summed E-state index contributed by atoms with van der Waals surface area (Å²) >= 11 is 0. The Hall–Kier alpha value is -2.74. The molecule has 9 nitrogen and oxygen atoms in total. The van der Waals surface area contributed by atoms with Crippen molar-refractivity contribution in [3.05, 3.63) is 34.9 Å². The zero-order valence-corrected chi connectivity index (χ0v) is 16.6. The average molecular weight is 420 g/mol. The summed E-state index contributed by atoms with van der Waals surface area (Å²) in [5.41, 5.74) is 1.88. The van der Waals surface area contributed by atoms with Crippen LogP contribution < -0.4 is 5.32 Å². The lowest BCUT2D eigenvalue weighted by molar-refractivity contribution is -0.136. The van der Waals surface area contributed by atoms with Crippen LogP contribution in [0.2, 0.25) is 0 Å². The lowest BCUT2D eigenvalue weighted by atomic mass is 10.0. The number of amides is 3. The number of ether oxygens (including phenoxy) is 1. The van der Waals surface area contributed by atoms with E-state index in [1.807, 2.05) is 0 Å². The molecule has 0 saturated carbocycles. The van der Waals surface area contributed by atoms with Crippen LogP contribution in [-0.4, -0.2) is 63.2 Å². The first-order chi connectivity index (χ1) is 13.8. The van der Waals surface area contributed by atoms with Gasteiger partial charge in [-0.2, -0.15) is 8.42 Å². The number of rotatable bonds is 6. The molecule has 1 saturated heterocycles. The van der Waals surface area contributed by atoms with Crippen LogP contribution in [0, 0.1) is 11.8 Å². The molecule has 0 aliphatic carbocycles. The van der Waals surface area contributed by atoms with Gasteiger partial charge in [-0.05, 0) is 24.1 Å². The van der Waals surface area contributed by atoms with Gasteiger partial charge in [-0.3, -0.25) is 23.9 Å². The minimum atomic E-state index is -3.49. The summed E-state index contributed by atoms with van der Waals surface area (Å²) < 4.78 is 31.4. The summed E-state index contributed by atoms with van der Waals surface area (Å²) in [6, 6.07) is 4.51. The summed E-state index contributed by atoms with van der Waals surface area (Å²) in [5, 5.41) is 2.27. The van der Waals surface area contributed by atoms with Crippen molar-refractivity contribution in [2.45, 2.75) is 25.4 Å². The Kier molecular flexibility index (Phi) is 6.32. The van der Waals surface area contributed by atoms with E-state index in [1.165, 1.54) is 4.90 Å². The van der Waals surface area contributed by atoms with Crippen molar-refractivity contribution >= 4 is 27.8 Å². The van der Waals surface area contributed by atoms with Crippen molar-refractivity contribution in [1.29, 1.82) is 0 Å². The van der Waals surface area contributed by atoms with Crippen LogP contribution in [0.15, 0.2) is 18.2 Å². The summed E-state index contributed by atoms with van der Waals surface area (Å²) in [6.07, 6.45) is 1.46. The Bertz CT molecular complexity index is 1010. The molecule has 29 heavy (non-hydrogen) atoms. The first-order valence-electron chi connectivity index (χ1n) is 8.94. The third kappa shape index (κ3) is 5.20. The van der Waals surface area contributed by atoms with Gasteiger partial charge < -0.3 is 9.64 Å². The zero-order chi connectivity index (χ0) is 21.0. The first-order valence-corrected chi connectivity index (χ1v) is 10.8. The predicted octanol–water partition coefficient (Wildman–Crippen LogP) is -0.208. The van der Waals surface area contributed by atoms with Crippen molar-refractivity contribution in [2.24, 2.45) is 0 Å². The van der Waals surface area contributed by atoms with Crippen LogP contribution >= 0.6 is 0 Å². The summed E-state index contributed by atoms with van der Waals surface area (Å²) in [5.74, 6) is 4.72. The van der Waals surface area contributed by atoms with Crippen molar-refractivity contribution in [3.63, 3.8) is 0 Å². The molecule has 3 rings (SSSR count). The van der Waals surface area contributed by atoms with Crippen molar-refractivity contribution in [1.82, 2.24) is 10.2 Å². The minimum absolute atomic E-state index is 0.0710. The molecule has 0 bridgehead atoms. The molecule has 1 aromatic carbocycles. The molecular weight excluding hydrogens is 400 g/mol. The zero-order valence-electron chi connectivity index (χ0n) is 15.8. The van der Waals surface area contributed by atoms with Crippen molar-refractivity contribution in [2.75, 3.05) is 26.1 Å². The Labute approximate surface area is 168 Å². The van der Waals surface area contributed by atoms with Crippen LogP contribution in [0.1, 0.15) is 34.3 Å². The minimum Gasteiger partial charge on any atom is -0.366 e. The van der Waals surface area contributed by atoms with E-state index >= 15 is 0 Å². The van der Waals surface area contributed by atoms with Gasteiger partial charge in [-0.25, -0.2) is 0 Å². The molecule has 1 atom stereocenters. The Balaban J connectivity index is 1.62. The highest BCUT2D eigenvalue weighted by Crippen LogP contribution is 2.29. The van der Waals surface area contributed by atoms with Gasteiger partial charge in [-0.1, -0.05) is 17.9 Å². The van der Waals surface area contributed by atoms with Gasteiger partial charge in [-0.15, -0.1) is 0 Å². The summed E-state index contributed by atoms with van der Waals surface area (Å²) in [7, 11) is -3.49. The van der Waals surface area contributed by atoms with Crippen LogP contribution in [-0.2, 0) is 35.2 Å². The topological polar surface area (TPSA) is 119 Å². The van der Waals surface area contributed by atoms with Gasteiger partial charge >= 0.3 is 0 Å². The normalized spacial score (nSPS) is 18.9. The molecule has 2 heterocycles. The lowest BCUT2D eigenvalue weighted by Crippen LogP contribution is -2.52. The molecule has 0 radical (unpaired) electrons. The molecule has 10 heteroatoms. The number of nitrogens with one attached hydrogen (secondary N) is 1. The van der Waals surface area contributed by atoms with E-state index in [4.69, 9.17) is 4.74 Å². The van der Waals surface area contributed by atoms with Crippen molar-refractivity contribution < 1.29 is 31.7 Å². The van der Waals surface area contributed by atoms with E-state index < -0.39 is 22.1 Å². The van der Waals surface area contributed by atoms with Crippen molar-refractivity contribution in [3.8, 4) is 11.8 Å². The number of fused-ring (bicyclic) bond motifs is 1. The highest BCUT2D eigenvalue weighted by molar-refractivity contribution is 7.85. The van der Waals surface area contributed by atoms with Gasteiger partial charge in [0.2, 0.25) is 11.8 Å². The Morgan fingerprint density at radius 3 is 2.76 bits per heavy atom. The predicted molar refractivity (Wildman–Crippen MR) is 101 cm³/mol. The monoisotopic (exact) mass is 420 g/mol.